The third kappa shape index (κ3) is 2.76. The zero-order chi connectivity index (χ0) is 15.6. The van der Waals surface area contributed by atoms with E-state index in [1.165, 1.54) is 0 Å². The summed E-state index contributed by atoms with van der Waals surface area (Å²) in [5.74, 6) is -0.924. The number of hydrogen-bond donors (Lipinski definition) is 3. The molecule has 5 N–H and O–H groups in total. The lowest BCUT2D eigenvalue weighted by molar-refractivity contribution is -0.409. The van der Waals surface area contributed by atoms with Gasteiger partial charge in [0.2, 0.25) is 0 Å². The number of hydrogen-bond acceptors (Lipinski definition) is 4. The van der Waals surface area contributed by atoms with Crippen LogP contribution in [0.4, 0.5) is 0 Å². The van der Waals surface area contributed by atoms with Gasteiger partial charge >= 0.3 is 0 Å². The smallest absolute Gasteiger partial charge is 0.280 e. The lowest BCUT2D eigenvalue weighted by Gasteiger charge is -2.19. The molecule has 6 nitrogen and oxygen atoms in total. The number of benzene rings is 1. The molecule has 0 saturated heterocycles. The highest BCUT2D eigenvalue weighted by Crippen LogP contribution is 2.25. The largest absolute Gasteiger partial charge is 0.390 e. The van der Waals surface area contributed by atoms with Crippen LogP contribution in [0.2, 0.25) is 0 Å². The van der Waals surface area contributed by atoms with Crippen LogP contribution in [-0.4, -0.2) is 41.8 Å². The summed E-state index contributed by atoms with van der Waals surface area (Å²) in [6, 6.07) is 5.82. The first-order valence-electron chi connectivity index (χ1n) is 6.57. The Morgan fingerprint density at radius 2 is 1.81 bits per heavy atom. The number of nitrogens with one attached hydrogen (secondary N) is 1. The Morgan fingerprint density at radius 1 is 1.24 bits per heavy atom. The molecule has 0 spiro atoms. The standard InChI is InChI=1S/C15H16N2O4/c1-8-11(6-17-15(21)12(16)7-18)14(20)10-5-3-2-4-9(10)13(8)19/h2-5,12,18H,6-7,16H2,1H3,(H,17,21)/p+1. The van der Waals surface area contributed by atoms with E-state index in [1.54, 1.807) is 31.2 Å². The predicted octanol–water partition coefficient (Wildman–Crippen LogP) is -0.899. The second-order valence-corrected chi connectivity index (χ2v) is 4.90. The van der Waals surface area contributed by atoms with Crippen molar-refractivity contribution in [2.45, 2.75) is 13.0 Å². The van der Waals surface area contributed by atoms with Crippen LogP contribution in [0.25, 0.3) is 0 Å². The van der Waals surface area contributed by atoms with Gasteiger partial charge in [0.15, 0.2) is 17.6 Å². The summed E-state index contributed by atoms with van der Waals surface area (Å²) in [7, 11) is 0. The summed E-state index contributed by atoms with van der Waals surface area (Å²) in [5, 5.41) is 11.4. The molecule has 110 valence electrons. The molecule has 1 aromatic rings. The number of aliphatic hydroxyl groups is 1. The number of ketones is 2. The van der Waals surface area contributed by atoms with E-state index in [1.807, 2.05) is 0 Å². The number of amides is 1. The van der Waals surface area contributed by atoms with E-state index in [9.17, 15) is 14.4 Å². The van der Waals surface area contributed by atoms with Crippen LogP contribution in [0.1, 0.15) is 27.6 Å². The van der Waals surface area contributed by atoms with Gasteiger partial charge in [0, 0.05) is 28.8 Å². The average Bonchev–Trinajstić information content (AvgIpc) is 2.51. The van der Waals surface area contributed by atoms with Gasteiger partial charge in [-0.15, -0.1) is 0 Å². The van der Waals surface area contributed by atoms with Crippen LogP contribution in [-0.2, 0) is 4.79 Å². The number of carbonyl (C=O) groups is 3. The first kappa shape index (κ1) is 15.1. The monoisotopic (exact) mass is 289 g/mol. The van der Waals surface area contributed by atoms with Gasteiger partial charge < -0.3 is 16.2 Å². The minimum absolute atomic E-state index is 0.0460. The van der Waals surface area contributed by atoms with E-state index >= 15 is 0 Å². The molecule has 0 saturated carbocycles. The molecule has 6 heteroatoms. The molecule has 1 atom stereocenters. The summed E-state index contributed by atoms with van der Waals surface area (Å²) in [4.78, 5) is 36.2. The molecule has 1 unspecified atom stereocenters. The van der Waals surface area contributed by atoms with Gasteiger partial charge in [-0.1, -0.05) is 24.3 Å². The second-order valence-electron chi connectivity index (χ2n) is 4.90. The number of Topliss-reactive ketones (excluding diaryl/α,β-unsaturated/α-hetero) is 2. The lowest BCUT2D eigenvalue weighted by atomic mass is 9.84. The maximum atomic E-state index is 12.4. The van der Waals surface area contributed by atoms with Crippen molar-refractivity contribution >= 4 is 17.5 Å². The quantitative estimate of drug-likeness (QED) is 0.667. The van der Waals surface area contributed by atoms with Crippen molar-refractivity contribution in [3.63, 3.8) is 0 Å². The Hall–Kier alpha value is -2.31. The van der Waals surface area contributed by atoms with Crippen LogP contribution in [0.3, 0.4) is 0 Å². The highest BCUT2D eigenvalue weighted by Gasteiger charge is 2.29. The molecule has 0 fully saturated rings. The first-order valence-corrected chi connectivity index (χ1v) is 6.57. The van der Waals surface area contributed by atoms with Crippen molar-refractivity contribution in [3.8, 4) is 0 Å². The number of carbonyl (C=O) groups excluding carboxylic acids is 3. The van der Waals surface area contributed by atoms with Crippen molar-refractivity contribution in [1.82, 2.24) is 5.32 Å². The van der Waals surface area contributed by atoms with Gasteiger partial charge in [-0.3, -0.25) is 14.4 Å². The zero-order valence-corrected chi connectivity index (χ0v) is 11.7. The minimum Gasteiger partial charge on any atom is -0.390 e. The maximum absolute atomic E-state index is 12.4. The van der Waals surface area contributed by atoms with Crippen LogP contribution < -0.4 is 11.1 Å². The van der Waals surface area contributed by atoms with E-state index in [4.69, 9.17) is 5.11 Å². The summed E-state index contributed by atoms with van der Waals surface area (Å²) in [6.07, 6.45) is 0. The Balaban J connectivity index is 2.24. The SMILES string of the molecule is CC1=C(CNC(=O)C([NH3+])CO)C(=O)c2ccccc2C1=O. The Morgan fingerprint density at radius 3 is 2.38 bits per heavy atom. The first-order chi connectivity index (χ1) is 9.97. The van der Waals surface area contributed by atoms with Crippen molar-refractivity contribution in [1.29, 1.82) is 0 Å². The molecule has 0 aromatic heterocycles. The number of quaternary nitrogens is 1. The van der Waals surface area contributed by atoms with E-state index < -0.39 is 11.9 Å². The molecular formula is C15H17N2O4+. The maximum Gasteiger partial charge on any atom is 0.280 e. The molecule has 0 bridgehead atoms. The Bertz CT molecular complexity index is 649. The molecule has 0 aliphatic heterocycles. The van der Waals surface area contributed by atoms with Crippen LogP contribution in [0.5, 0.6) is 0 Å². The normalized spacial score (nSPS) is 15.8. The van der Waals surface area contributed by atoms with E-state index in [-0.39, 0.29) is 30.3 Å². The topological polar surface area (TPSA) is 111 Å². The Kier molecular flexibility index (Phi) is 4.30. The minimum atomic E-state index is -0.799. The van der Waals surface area contributed by atoms with Gasteiger partial charge in [-0.05, 0) is 6.92 Å². The number of rotatable bonds is 4. The summed E-state index contributed by atoms with van der Waals surface area (Å²) >= 11 is 0. The van der Waals surface area contributed by atoms with E-state index in [2.05, 4.69) is 11.1 Å². The summed E-state index contributed by atoms with van der Waals surface area (Å²) in [6.45, 7) is 1.15. The lowest BCUT2D eigenvalue weighted by Crippen LogP contribution is -2.69. The van der Waals surface area contributed by atoms with Crippen molar-refractivity contribution < 1.29 is 25.2 Å². The fraction of sp³-hybridized carbons (Fsp3) is 0.267. The number of aliphatic hydroxyl groups excluding tert-OH is 1. The summed E-state index contributed by atoms with van der Waals surface area (Å²) < 4.78 is 0. The molecule has 1 amide bonds. The van der Waals surface area contributed by atoms with Gasteiger partial charge in [0.05, 0.1) is 0 Å². The van der Waals surface area contributed by atoms with Crippen LogP contribution in [0, 0.1) is 0 Å². The molecule has 21 heavy (non-hydrogen) atoms. The molecule has 0 radical (unpaired) electrons. The van der Waals surface area contributed by atoms with Crippen molar-refractivity contribution in [2.24, 2.45) is 0 Å². The van der Waals surface area contributed by atoms with Crippen LogP contribution in [0.15, 0.2) is 35.4 Å². The van der Waals surface area contributed by atoms with Crippen LogP contribution >= 0.6 is 0 Å². The fourth-order valence-corrected chi connectivity index (χ4v) is 2.17. The number of allylic oxidation sites excluding steroid dienone is 1. The molecule has 1 aliphatic rings. The Labute approximate surface area is 121 Å². The van der Waals surface area contributed by atoms with Gasteiger partial charge in [0.25, 0.3) is 5.91 Å². The van der Waals surface area contributed by atoms with Gasteiger partial charge in [0.1, 0.15) is 6.61 Å². The molecule has 2 rings (SSSR count). The van der Waals surface area contributed by atoms with Gasteiger partial charge in [-0.2, -0.15) is 0 Å². The molecule has 1 aliphatic carbocycles. The number of fused-ring (bicyclic) bond motifs is 1. The van der Waals surface area contributed by atoms with Gasteiger partial charge in [-0.25, -0.2) is 0 Å². The highest BCUT2D eigenvalue weighted by molar-refractivity contribution is 6.26. The molecule has 1 aromatic carbocycles. The van der Waals surface area contributed by atoms with Crippen molar-refractivity contribution in [2.75, 3.05) is 13.2 Å². The summed E-state index contributed by atoms with van der Waals surface area (Å²) in [5.41, 5.74) is 4.83. The third-order valence-electron chi connectivity index (χ3n) is 3.51. The fourth-order valence-electron chi connectivity index (χ4n) is 2.17. The zero-order valence-electron chi connectivity index (χ0n) is 11.7. The predicted molar refractivity (Wildman–Crippen MR) is 74.6 cm³/mol. The molecule has 0 heterocycles. The second kappa shape index (κ2) is 5.99. The molecular weight excluding hydrogens is 272 g/mol. The van der Waals surface area contributed by atoms with E-state index in [0.29, 0.717) is 16.7 Å². The van der Waals surface area contributed by atoms with Crippen molar-refractivity contribution in [3.05, 3.63) is 46.5 Å². The highest BCUT2D eigenvalue weighted by atomic mass is 16.3. The average molecular weight is 289 g/mol. The third-order valence-corrected chi connectivity index (χ3v) is 3.51. The van der Waals surface area contributed by atoms with E-state index in [0.717, 1.165) is 0 Å².